The van der Waals surface area contributed by atoms with E-state index in [0.29, 0.717) is 5.76 Å². The van der Waals surface area contributed by atoms with Crippen molar-refractivity contribution in [2.45, 2.75) is 31.6 Å². The zero-order chi connectivity index (χ0) is 12.3. The van der Waals surface area contributed by atoms with Crippen molar-refractivity contribution in [1.82, 2.24) is 4.90 Å². The van der Waals surface area contributed by atoms with E-state index in [1.54, 1.807) is 18.4 Å². The molecule has 18 heavy (non-hydrogen) atoms. The molecule has 5 nitrogen and oxygen atoms in total. The number of carbonyl (C=O) groups excluding carboxylic acids is 2. The average molecular weight is 247 g/mol. The molecule has 4 rings (SSSR count). The van der Waals surface area contributed by atoms with Gasteiger partial charge in [-0.1, -0.05) is 0 Å². The Morgan fingerprint density at radius 1 is 1.17 bits per heavy atom. The fraction of sp³-hybridized carbons (Fsp3) is 0.538. The van der Waals surface area contributed by atoms with Crippen LogP contribution in [0.15, 0.2) is 22.8 Å². The summed E-state index contributed by atoms with van der Waals surface area (Å²) >= 11 is 0. The lowest BCUT2D eigenvalue weighted by Gasteiger charge is -2.15. The lowest BCUT2D eigenvalue weighted by Crippen LogP contribution is -2.33. The molecule has 2 amide bonds. The summed E-state index contributed by atoms with van der Waals surface area (Å²) in [6.07, 6.45) is 3.27. The minimum Gasteiger partial charge on any atom is -0.467 e. The van der Waals surface area contributed by atoms with E-state index in [2.05, 4.69) is 0 Å². The Morgan fingerprint density at radius 3 is 2.39 bits per heavy atom. The lowest BCUT2D eigenvalue weighted by atomic mass is 9.81. The summed E-state index contributed by atoms with van der Waals surface area (Å²) in [5.74, 6) is -0.0236. The summed E-state index contributed by atoms with van der Waals surface area (Å²) < 4.78 is 10.9. The molecular weight excluding hydrogens is 234 g/mol. The predicted molar refractivity (Wildman–Crippen MR) is 59.1 cm³/mol. The van der Waals surface area contributed by atoms with Gasteiger partial charge >= 0.3 is 0 Å². The van der Waals surface area contributed by atoms with Crippen molar-refractivity contribution in [1.29, 1.82) is 0 Å². The van der Waals surface area contributed by atoms with Gasteiger partial charge in [-0.15, -0.1) is 0 Å². The molecule has 3 saturated heterocycles. The largest absolute Gasteiger partial charge is 0.467 e. The van der Waals surface area contributed by atoms with Crippen LogP contribution in [0.4, 0.5) is 0 Å². The standard InChI is InChI=1S/C13H13NO4/c15-12-10-8-3-4-9(18-8)11(10)13(16)14(12)6-7-2-1-5-17-7/h1-2,5,8-11H,3-4,6H2/t8-,9-,10-,11-/m1/s1. The molecule has 2 bridgehead atoms. The highest BCUT2D eigenvalue weighted by Crippen LogP contribution is 2.48. The molecule has 0 aliphatic carbocycles. The highest BCUT2D eigenvalue weighted by atomic mass is 16.5. The van der Waals surface area contributed by atoms with Crippen molar-refractivity contribution in [2.75, 3.05) is 0 Å². The fourth-order valence-electron chi connectivity index (χ4n) is 3.49. The van der Waals surface area contributed by atoms with Gasteiger partial charge < -0.3 is 9.15 Å². The SMILES string of the molecule is O=C1[C@H]2[C@H](C(=O)N1Cc1ccco1)[C@H]1CC[C@H]2O1. The van der Waals surface area contributed by atoms with Crippen LogP contribution < -0.4 is 0 Å². The van der Waals surface area contributed by atoms with Crippen molar-refractivity contribution in [2.24, 2.45) is 11.8 Å². The van der Waals surface area contributed by atoms with Crippen molar-refractivity contribution in [3.8, 4) is 0 Å². The summed E-state index contributed by atoms with van der Waals surface area (Å²) in [5.41, 5.74) is 0. The number of furan rings is 1. The molecule has 3 aliphatic rings. The van der Waals surface area contributed by atoms with E-state index in [0.717, 1.165) is 12.8 Å². The highest BCUT2D eigenvalue weighted by molar-refractivity contribution is 6.06. The number of nitrogens with zero attached hydrogens (tertiary/aromatic N) is 1. The number of rotatable bonds is 2. The Balaban J connectivity index is 1.63. The number of hydrogen-bond donors (Lipinski definition) is 0. The molecule has 0 unspecified atom stereocenters. The first-order valence-corrected chi connectivity index (χ1v) is 6.29. The first kappa shape index (κ1) is 10.3. The topological polar surface area (TPSA) is 59.8 Å². The van der Waals surface area contributed by atoms with Gasteiger partial charge in [0, 0.05) is 0 Å². The Bertz CT molecular complexity index is 481. The number of carbonyl (C=O) groups is 2. The number of amides is 2. The first-order valence-electron chi connectivity index (χ1n) is 6.29. The van der Waals surface area contributed by atoms with E-state index in [1.165, 1.54) is 4.90 Å². The van der Waals surface area contributed by atoms with Crippen LogP contribution in [0.25, 0.3) is 0 Å². The Hall–Kier alpha value is -1.62. The molecule has 0 spiro atoms. The van der Waals surface area contributed by atoms with Gasteiger partial charge in [0.2, 0.25) is 11.8 Å². The van der Waals surface area contributed by atoms with Gasteiger partial charge in [-0.3, -0.25) is 14.5 Å². The second-order valence-corrected chi connectivity index (χ2v) is 5.18. The zero-order valence-corrected chi connectivity index (χ0v) is 9.74. The zero-order valence-electron chi connectivity index (χ0n) is 9.74. The fourth-order valence-corrected chi connectivity index (χ4v) is 3.49. The third kappa shape index (κ3) is 1.20. The molecule has 0 radical (unpaired) electrons. The van der Waals surface area contributed by atoms with Crippen LogP contribution in [-0.4, -0.2) is 28.9 Å². The first-order chi connectivity index (χ1) is 8.75. The monoisotopic (exact) mass is 247 g/mol. The van der Waals surface area contributed by atoms with Crippen LogP contribution in [0.1, 0.15) is 18.6 Å². The minimum atomic E-state index is -0.244. The summed E-state index contributed by atoms with van der Waals surface area (Å²) in [5, 5.41) is 0. The Labute approximate surface area is 104 Å². The number of ether oxygens (including phenoxy) is 1. The van der Waals surface area contributed by atoms with Gasteiger partial charge in [0.15, 0.2) is 0 Å². The number of hydrogen-bond acceptors (Lipinski definition) is 4. The van der Waals surface area contributed by atoms with Crippen molar-refractivity contribution in [3.05, 3.63) is 24.2 Å². The molecule has 0 aromatic carbocycles. The molecular formula is C13H13NO4. The summed E-state index contributed by atoms with van der Waals surface area (Å²) in [6, 6.07) is 3.54. The summed E-state index contributed by atoms with van der Waals surface area (Å²) in [7, 11) is 0. The van der Waals surface area contributed by atoms with E-state index in [9.17, 15) is 9.59 Å². The molecule has 0 saturated carbocycles. The molecule has 0 N–H and O–H groups in total. The molecule has 3 aliphatic heterocycles. The smallest absolute Gasteiger partial charge is 0.236 e. The van der Waals surface area contributed by atoms with Gasteiger partial charge in [0.1, 0.15) is 5.76 Å². The van der Waals surface area contributed by atoms with E-state index < -0.39 is 0 Å². The van der Waals surface area contributed by atoms with E-state index in [-0.39, 0.29) is 42.4 Å². The van der Waals surface area contributed by atoms with Crippen molar-refractivity contribution >= 4 is 11.8 Å². The second-order valence-electron chi connectivity index (χ2n) is 5.18. The third-order valence-corrected chi connectivity index (χ3v) is 4.27. The molecule has 94 valence electrons. The highest BCUT2D eigenvalue weighted by Gasteiger charge is 2.62. The van der Waals surface area contributed by atoms with Crippen LogP contribution in [0.5, 0.6) is 0 Å². The number of likely N-dealkylation sites (tertiary alicyclic amines) is 1. The van der Waals surface area contributed by atoms with Crippen molar-refractivity contribution < 1.29 is 18.7 Å². The maximum atomic E-state index is 12.3. The van der Waals surface area contributed by atoms with Gasteiger partial charge in [-0.2, -0.15) is 0 Å². The van der Waals surface area contributed by atoms with Crippen LogP contribution in [0, 0.1) is 11.8 Å². The third-order valence-electron chi connectivity index (χ3n) is 4.27. The van der Waals surface area contributed by atoms with Gasteiger partial charge in [-0.05, 0) is 25.0 Å². The number of fused-ring (bicyclic) bond motifs is 5. The summed E-state index contributed by atoms with van der Waals surface area (Å²) in [4.78, 5) is 25.9. The van der Waals surface area contributed by atoms with Crippen LogP contribution in [0.2, 0.25) is 0 Å². The normalized spacial score (nSPS) is 37.7. The van der Waals surface area contributed by atoms with Crippen LogP contribution in [-0.2, 0) is 20.9 Å². The molecule has 4 heterocycles. The second kappa shape index (κ2) is 3.45. The van der Waals surface area contributed by atoms with E-state index in [4.69, 9.17) is 9.15 Å². The maximum Gasteiger partial charge on any atom is 0.236 e. The van der Waals surface area contributed by atoms with E-state index in [1.807, 2.05) is 0 Å². The molecule has 4 atom stereocenters. The predicted octanol–water partition coefficient (Wildman–Crippen LogP) is 0.942. The average Bonchev–Trinajstić information content (AvgIpc) is 3.10. The quantitative estimate of drug-likeness (QED) is 0.730. The Kier molecular flexibility index (Phi) is 1.97. The number of imide groups is 1. The molecule has 1 aromatic heterocycles. The Morgan fingerprint density at radius 2 is 1.83 bits per heavy atom. The van der Waals surface area contributed by atoms with E-state index >= 15 is 0 Å². The van der Waals surface area contributed by atoms with Crippen LogP contribution >= 0.6 is 0 Å². The minimum absolute atomic E-state index is 0.0435. The van der Waals surface area contributed by atoms with Gasteiger partial charge in [0.25, 0.3) is 0 Å². The maximum absolute atomic E-state index is 12.3. The molecule has 3 fully saturated rings. The van der Waals surface area contributed by atoms with Crippen LogP contribution in [0.3, 0.4) is 0 Å². The lowest BCUT2D eigenvalue weighted by molar-refractivity contribution is -0.143. The summed E-state index contributed by atoms with van der Waals surface area (Å²) in [6.45, 7) is 0.247. The molecule has 5 heteroatoms. The molecule has 1 aromatic rings. The van der Waals surface area contributed by atoms with Gasteiger partial charge in [0.05, 0.1) is 36.9 Å². The van der Waals surface area contributed by atoms with Crippen molar-refractivity contribution in [3.63, 3.8) is 0 Å². The van der Waals surface area contributed by atoms with Gasteiger partial charge in [-0.25, -0.2) is 0 Å².